The smallest absolute Gasteiger partial charge is 0.238 e. The fourth-order valence-electron chi connectivity index (χ4n) is 2.89. The first-order valence-corrected chi connectivity index (χ1v) is 10.2. The number of hydrogen-bond donors (Lipinski definition) is 1. The Bertz CT molecular complexity index is 1070. The normalized spacial score (nSPS) is 11.7. The lowest BCUT2D eigenvalue weighted by Gasteiger charge is -2.08. The van der Waals surface area contributed by atoms with Crippen molar-refractivity contribution in [1.82, 2.24) is 4.57 Å². The standard InChI is InChI=1S/C18H17FN2O3S2/c1-11-16(19)14(10-12-5-7-13(8-6-12)26(20,23)24)21(2)17(11)18(22)15-4-3-9-25-15/h3-9H,10H2,1-2H3,(H2,20,23,24). The van der Waals surface area contributed by atoms with Crippen LogP contribution in [0.4, 0.5) is 4.39 Å². The lowest BCUT2D eigenvalue weighted by Crippen LogP contribution is -2.12. The zero-order valence-corrected chi connectivity index (χ0v) is 15.8. The van der Waals surface area contributed by atoms with E-state index in [0.717, 1.165) is 0 Å². The molecule has 2 heterocycles. The van der Waals surface area contributed by atoms with E-state index in [4.69, 9.17) is 5.14 Å². The van der Waals surface area contributed by atoms with Crippen molar-refractivity contribution in [2.24, 2.45) is 12.2 Å². The number of carbonyl (C=O) groups excluding carboxylic acids is 1. The second-order valence-corrected chi connectivity index (χ2v) is 8.47. The molecule has 0 saturated heterocycles. The Morgan fingerprint density at radius 3 is 2.42 bits per heavy atom. The molecule has 0 fully saturated rings. The van der Waals surface area contributed by atoms with E-state index < -0.39 is 15.8 Å². The van der Waals surface area contributed by atoms with Crippen molar-refractivity contribution in [3.8, 4) is 0 Å². The van der Waals surface area contributed by atoms with E-state index in [1.165, 1.54) is 23.5 Å². The number of halogens is 1. The fourth-order valence-corrected chi connectivity index (χ4v) is 4.07. The number of rotatable bonds is 5. The van der Waals surface area contributed by atoms with Crippen LogP contribution in [0.3, 0.4) is 0 Å². The van der Waals surface area contributed by atoms with Gasteiger partial charge in [-0.25, -0.2) is 17.9 Å². The van der Waals surface area contributed by atoms with Crippen LogP contribution in [-0.4, -0.2) is 18.8 Å². The van der Waals surface area contributed by atoms with Crippen molar-refractivity contribution in [3.63, 3.8) is 0 Å². The third-order valence-corrected chi connectivity index (χ3v) is 6.06. The monoisotopic (exact) mass is 392 g/mol. The molecule has 136 valence electrons. The van der Waals surface area contributed by atoms with Crippen LogP contribution in [0.2, 0.25) is 0 Å². The maximum atomic E-state index is 14.8. The molecule has 1 aromatic carbocycles. The Labute approximate surface area is 154 Å². The Hall–Kier alpha value is -2.29. The van der Waals surface area contributed by atoms with Gasteiger partial charge in [-0.05, 0) is 36.1 Å². The summed E-state index contributed by atoms with van der Waals surface area (Å²) in [5, 5.41) is 6.88. The summed E-state index contributed by atoms with van der Waals surface area (Å²) in [5.74, 6) is -0.641. The molecule has 3 aromatic rings. The van der Waals surface area contributed by atoms with Gasteiger partial charge in [0, 0.05) is 19.0 Å². The molecule has 26 heavy (non-hydrogen) atoms. The second kappa shape index (κ2) is 6.79. The van der Waals surface area contributed by atoms with Gasteiger partial charge < -0.3 is 4.57 Å². The first-order valence-electron chi connectivity index (χ1n) is 7.73. The highest BCUT2D eigenvalue weighted by Crippen LogP contribution is 2.26. The molecule has 0 bridgehead atoms. The molecule has 5 nitrogen and oxygen atoms in total. The third-order valence-electron chi connectivity index (χ3n) is 4.26. The average Bonchev–Trinajstić information content (AvgIpc) is 3.18. The summed E-state index contributed by atoms with van der Waals surface area (Å²) in [6, 6.07) is 9.43. The van der Waals surface area contributed by atoms with E-state index in [9.17, 15) is 17.6 Å². The Morgan fingerprint density at radius 2 is 1.88 bits per heavy atom. The minimum absolute atomic E-state index is 0.00153. The van der Waals surface area contributed by atoms with E-state index in [0.29, 0.717) is 27.4 Å². The Kier molecular flexibility index (Phi) is 4.83. The fraction of sp³-hybridized carbons (Fsp3) is 0.167. The molecule has 0 amide bonds. The summed E-state index contributed by atoms with van der Waals surface area (Å²) in [5.41, 5.74) is 1.71. The van der Waals surface area contributed by atoms with Crippen LogP contribution in [0.1, 0.15) is 32.2 Å². The molecule has 2 N–H and O–H groups in total. The van der Waals surface area contributed by atoms with Crippen LogP contribution in [-0.2, 0) is 23.5 Å². The number of nitrogens with zero attached hydrogens (tertiary/aromatic N) is 1. The summed E-state index contributed by atoms with van der Waals surface area (Å²) in [6.07, 6.45) is 0.228. The van der Waals surface area contributed by atoms with Crippen molar-refractivity contribution in [2.45, 2.75) is 18.2 Å². The van der Waals surface area contributed by atoms with Gasteiger partial charge in [0.2, 0.25) is 15.8 Å². The summed E-state index contributed by atoms with van der Waals surface area (Å²) in [4.78, 5) is 13.2. The van der Waals surface area contributed by atoms with Crippen LogP contribution in [0.5, 0.6) is 0 Å². The SMILES string of the molecule is Cc1c(F)c(Cc2ccc(S(N)(=O)=O)cc2)n(C)c1C(=O)c1cccs1. The zero-order chi connectivity index (χ0) is 19.1. The topological polar surface area (TPSA) is 82.2 Å². The predicted octanol–water partition coefficient (Wildman–Crippen LogP) is 3.00. The molecular formula is C18H17FN2O3S2. The van der Waals surface area contributed by atoms with Crippen molar-refractivity contribution >= 4 is 27.1 Å². The molecule has 2 aromatic heterocycles. The molecule has 0 unspecified atom stereocenters. The number of ketones is 1. The molecule has 0 radical (unpaired) electrons. The van der Waals surface area contributed by atoms with Gasteiger partial charge in [0.15, 0.2) is 0 Å². The van der Waals surface area contributed by atoms with Crippen molar-refractivity contribution in [3.05, 3.63) is 75.0 Å². The molecule has 0 saturated carbocycles. The molecule has 0 aliphatic carbocycles. The van der Waals surface area contributed by atoms with Crippen LogP contribution in [0.25, 0.3) is 0 Å². The van der Waals surface area contributed by atoms with Crippen LogP contribution >= 0.6 is 11.3 Å². The van der Waals surface area contributed by atoms with Gasteiger partial charge in [0.25, 0.3) is 0 Å². The van der Waals surface area contributed by atoms with Gasteiger partial charge in [0.1, 0.15) is 5.82 Å². The summed E-state index contributed by atoms with van der Waals surface area (Å²) >= 11 is 1.31. The number of nitrogens with two attached hydrogens (primary N) is 1. The number of hydrogen-bond acceptors (Lipinski definition) is 4. The molecule has 0 aliphatic rings. The number of primary sulfonamides is 1. The largest absolute Gasteiger partial charge is 0.342 e. The second-order valence-electron chi connectivity index (χ2n) is 5.97. The lowest BCUT2D eigenvalue weighted by molar-refractivity contribution is 0.103. The highest BCUT2D eigenvalue weighted by atomic mass is 32.2. The number of thiophene rings is 1. The summed E-state index contributed by atoms with van der Waals surface area (Å²) in [7, 11) is -2.11. The predicted molar refractivity (Wildman–Crippen MR) is 98.5 cm³/mol. The highest BCUT2D eigenvalue weighted by molar-refractivity contribution is 7.89. The average molecular weight is 392 g/mol. The lowest BCUT2D eigenvalue weighted by atomic mass is 10.1. The first-order chi connectivity index (χ1) is 12.2. The minimum atomic E-state index is -3.77. The molecule has 0 atom stereocenters. The van der Waals surface area contributed by atoms with E-state index in [1.807, 2.05) is 0 Å². The molecule has 0 spiro atoms. The van der Waals surface area contributed by atoms with Crippen LogP contribution < -0.4 is 5.14 Å². The summed E-state index contributed by atoms with van der Waals surface area (Å²) in [6.45, 7) is 1.59. The number of carbonyl (C=O) groups is 1. The van der Waals surface area contributed by atoms with Crippen LogP contribution in [0, 0.1) is 12.7 Å². The van der Waals surface area contributed by atoms with Gasteiger partial charge in [-0.15, -0.1) is 11.3 Å². The maximum absolute atomic E-state index is 14.8. The third kappa shape index (κ3) is 3.35. The van der Waals surface area contributed by atoms with E-state index in [2.05, 4.69) is 0 Å². The van der Waals surface area contributed by atoms with Gasteiger partial charge in [0.05, 0.1) is 21.2 Å². The summed E-state index contributed by atoms with van der Waals surface area (Å²) < 4.78 is 39.0. The van der Waals surface area contributed by atoms with Gasteiger partial charge >= 0.3 is 0 Å². The molecular weight excluding hydrogens is 375 g/mol. The Morgan fingerprint density at radius 1 is 1.23 bits per heavy atom. The number of aromatic nitrogens is 1. The van der Waals surface area contributed by atoms with Crippen LogP contribution in [0.15, 0.2) is 46.7 Å². The first kappa shape index (κ1) is 18.5. The Balaban J connectivity index is 1.97. The van der Waals surface area contributed by atoms with Gasteiger partial charge in [-0.1, -0.05) is 18.2 Å². The van der Waals surface area contributed by atoms with E-state index >= 15 is 0 Å². The van der Waals surface area contributed by atoms with E-state index in [1.54, 1.807) is 48.2 Å². The zero-order valence-electron chi connectivity index (χ0n) is 14.2. The van der Waals surface area contributed by atoms with Crippen molar-refractivity contribution in [1.29, 1.82) is 0 Å². The minimum Gasteiger partial charge on any atom is -0.342 e. The molecule has 3 rings (SSSR count). The molecule has 8 heteroatoms. The highest BCUT2D eigenvalue weighted by Gasteiger charge is 2.24. The quantitative estimate of drug-likeness (QED) is 0.678. The van der Waals surface area contributed by atoms with Gasteiger partial charge in [-0.3, -0.25) is 4.79 Å². The number of sulfonamides is 1. The van der Waals surface area contributed by atoms with Crippen molar-refractivity contribution < 1.29 is 17.6 Å². The van der Waals surface area contributed by atoms with E-state index in [-0.39, 0.29) is 17.1 Å². The van der Waals surface area contributed by atoms with Crippen molar-refractivity contribution in [2.75, 3.05) is 0 Å². The van der Waals surface area contributed by atoms with Gasteiger partial charge in [-0.2, -0.15) is 0 Å². The maximum Gasteiger partial charge on any atom is 0.238 e. The number of benzene rings is 1. The molecule has 0 aliphatic heterocycles.